The third-order valence-electron chi connectivity index (χ3n) is 7.03. The third kappa shape index (κ3) is 6.58. The number of nitrogen functional groups attached to an aromatic ring is 2. The summed E-state index contributed by atoms with van der Waals surface area (Å²) in [6.45, 7) is 1.89. The number of para-hydroxylation sites is 2. The molecule has 1 atom stereocenters. The third-order valence-corrected chi connectivity index (χ3v) is 10.5. The molecule has 0 fully saturated rings. The fraction of sp³-hybridized carbons (Fsp3) is 0.0909. The van der Waals surface area contributed by atoms with Crippen molar-refractivity contribution in [3.63, 3.8) is 0 Å². The summed E-state index contributed by atoms with van der Waals surface area (Å²) in [5.41, 5.74) is 18.0. The normalized spacial score (nSPS) is 13.6. The van der Waals surface area contributed by atoms with Crippen molar-refractivity contribution < 1.29 is 9.59 Å². The van der Waals surface area contributed by atoms with Crippen LogP contribution in [0.15, 0.2) is 109 Å². The number of nitrogens with two attached hydrogens (primary N) is 2. The molecule has 0 radical (unpaired) electrons. The van der Waals surface area contributed by atoms with E-state index in [1.54, 1.807) is 35.7 Å². The second kappa shape index (κ2) is 12.9. The van der Waals surface area contributed by atoms with Crippen molar-refractivity contribution in [3.05, 3.63) is 114 Å². The van der Waals surface area contributed by atoms with E-state index in [4.69, 9.17) is 11.5 Å². The molecule has 0 aliphatic carbocycles. The van der Waals surface area contributed by atoms with Crippen LogP contribution in [-0.2, 0) is 16.0 Å². The first-order chi connectivity index (χ1) is 21.3. The molecule has 0 saturated carbocycles. The second-order valence-electron chi connectivity index (χ2n) is 10.3. The molecule has 2 aromatic heterocycles. The van der Waals surface area contributed by atoms with Gasteiger partial charge >= 0.3 is 0 Å². The number of rotatable bonds is 9. The van der Waals surface area contributed by atoms with Crippen molar-refractivity contribution >= 4 is 81.6 Å². The van der Waals surface area contributed by atoms with Crippen molar-refractivity contribution in [1.82, 2.24) is 9.38 Å². The number of benzene rings is 3. The molecular formula is C33H30IN7O2S. The van der Waals surface area contributed by atoms with E-state index < -0.39 is 0 Å². The minimum Gasteiger partial charge on any atom is -0.397 e. The predicted molar refractivity (Wildman–Crippen MR) is 190 cm³/mol. The van der Waals surface area contributed by atoms with Crippen LogP contribution in [0, 0.1) is 5.92 Å². The van der Waals surface area contributed by atoms with Gasteiger partial charge in [-0.1, -0.05) is 43.3 Å². The number of hydrogen-bond acceptors (Lipinski definition) is 7. The zero-order valence-corrected chi connectivity index (χ0v) is 26.7. The van der Waals surface area contributed by atoms with E-state index in [9.17, 15) is 9.59 Å². The number of anilines is 5. The molecule has 3 heterocycles. The maximum atomic E-state index is 13.1. The predicted octanol–water partition coefficient (Wildman–Crippen LogP) is 6.63. The summed E-state index contributed by atoms with van der Waals surface area (Å²) in [5, 5.41) is 5.94. The van der Waals surface area contributed by atoms with Crippen LogP contribution in [0.5, 0.6) is 0 Å². The van der Waals surface area contributed by atoms with Gasteiger partial charge in [0.25, 0.3) is 0 Å². The van der Waals surface area contributed by atoms with Crippen LogP contribution in [-0.4, -0.2) is 25.2 Å². The van der Waals surface area contributed by atoms with Gasteiger partial charge in [-0.3, -0.25) is 17.1 Å². The van der Waals surface area contributed by atoms with Crippen LogP contribution >= 0.6 is 32.3 Å². The number of hydrogen-bond donors (Lipinski definition) is 4. The first kappa shape index (κ1) is 29.3. The maximum Gasteiger partial charge on any atom is 0.248 e. The van der Waals surface area contributed by atoms with Gasteiger partial charge in [-0.05, 0) is 58.0 Å². The number of nitrogens with zero attached hydrogens (tertiary/aromatic N) is 3. The van der Waals surface area contributed by atoms with Gasteiger partial charge in [0.15, 0.2) is 4.96 Å². The highest BCUT2D eigenvalue weighted by atomic mass is 127. The van der Waals surface area contributed by atoms with Crippen molar-refractivity contribution in [2.75, 3.05) is 25.2 Å². The van der Waals surface area contributed by atoms with E-state index in [0.29, 0.717) is 34.7 Å². The minimum absolute atomic E-state index is 0.141. The van der Waals surface area contributed by atoms with Gasteiger partial charge in [-0.2, -0.15) is 0 Å². The summed E-state index contributed by atoms with van der Waals surface area (Å²) in [4.78, 5) is 32.4. The summed E-state index contributed by atoms with van der Waals surface area (Å²) in [6.07, 6.45) is 11.6. The maximum absolute atomic E-state index is 13.1. The Labute approximate surface area is 269 Å². The first-order valence-corrected chi connectivity index (χ1v) is 16.9. The number of amides is 2. The Morgan fingerprint density at radius 3 is 2.70 bits per heavy atom. The fourth-order valence-electron chi connectivity index (χ4n) is 4.72. The lowest BCUT2D eigenvalue weighted by Crippen LogP contribution is -2.22. The molecule has 6 N–H and O–H groups in total. The highest BCUT2D eigenvalue weighted by Crippen LogP contribution is 2.36. The van der Waals surface area contributed by atoms with E-state index >= 15 is 0 Å². The van der Waals surface area contributed by atoms with Gasteiger partial charge in [0, 0.05) is 73.9 Å². The number of thiazole rings is 1. The largest absolute Gasteiger partial charge is 0.397 e. The van der Waals surface area contributed by atoms with Crippen LogP contribution in [0.3, 0.4) is 0 Å². The topological polar surface area (TPSA) is 131 Å². The summed E-state index contributed by atoms with van der Waals surface area (Å²) >= 11 is 1.24. The number of aromatic nitrogens is 2. The van der Waals surface area contributed by atoms with Crippen LogP contribution in [0.25, 0.3) is 16.1 Å². The lowest BCUT2D eigenvalue weighted by molar-refractivity contribution is -0.119. The van der Waals surface area contributed by atoms with Gasteiger partial charge < -0.3 is 22.1 Å². The van der Waals surface area contributed by atoms with Gasteiger partial charge in [0.2, 0.25) is 11.8 Å². The number of halogens is 1. The number of allylic oxidation sites excluding steroid dienone is 2. The lowest BCUT2D eigenvalue weighted by Gasteiger charge is -2.16. The lowest BCUT2D eigenvalue weighted by atomic mass is 10.0. The molecule has 0 bridgehead atoms. The molecule has 3 aromatic carbocycles. The first-order valence-electron chi connectivity index (χ1n) is 13.9. The average molecular weight is 716 g/mol. The molecular weight excluding hydrogens is 685 g/mol. The van der Waals surface area contributed by atoms with Crippen molar-refractivity contribution in [2.24, 2.45) is 5.92 Å². The standard InChI is InChI=1S/C33H30IN7O2S/c1-21(16-25-20-40-15-14-37-33(40)44-25)32(43)38-29-17-23(11-12-27(29)35)26-8-5-9-28(36)31(26)39-30(42)13-10-22-18-34-41(19-22)24-6-3-2-4-7-24/h2-15,17-21H,16,35-36H2,1H3,(H,38,43)(H,39,42)/b13-10+. The van der Waals surface area contributed by atoms with Crippen molar-refractivity contribution in [3.8, 4) is 11.1 Å². The Kier molecular flexibility index (Phi) is 8.57. The Morgan fingerprint density at radius 1 is 1.05 bits per heavy atom. The van der Waals surface area contributed by atoms with Gasteiger partial charge in [0.05, 0.1) is 22.7 Å². The van der Waals surface area contributed by atoms with E-state index in [-0.39, 0.29) is 38.7 Å². The SMILES string of the molecule is CC(Cc1cn2ccnc2s1)C(=O)Nc1cc(-c2cccc(N)c2NC(=O)/C=C/C2=CN(c3ccccc3)I=C2)ccc1N. The number of nitrogens with one attached hydrogen (secondary N) is 2. The van der Waals surface area contributed by atoms with E-state index in [2.05, 4.69) is 41.1 Å². The molecule has 1 aliphatic heterocycles. The van der Waals surface area contributed by atoms with Crippen molar-refractivity contribution in [1.29, 1.82) is 0 Å². The molecule has 0 spiro atoms. The summed E-state index contributed by atoms with van der Waals surface area (Å²) < 4.78 is 6.35. The van der Waals surface area contributed by atoms with Gasteiger partial charge in [0.1, 0.15) is 0 Å². The zero-order chi connectivity index (χ0) is 30.6. The van der Waals surface area contributed by atoms with E-state index in [0.717, 1.165) is 26.7 Å². The summed E-state index contributed by atoms with van der Waals surface area (Å²) in [7, 11) is 0. The van der Waals surface area contributed by atoms with Crippen LogP contribution < -0.4 is 25.2 Å². The average Bonchev–Trinajstić information content (AvgIpc) is 3.76. The summed E-state index contributed by atoms with van der Waals surface area (Å²) in [6, 6.07) is 21.0. The molecule has 9 nitrogen and oxygen atoms in total. The van der Waals surface area contributed by atoms with E-state index in [1.807, 2.05) is 66.2 Å². The fourth-order valence-corrected chi connectivity index (χ4v) is 7.90. The quantitative estimate of drug-likeness (QED) is 0.0587. The van der Waals surface area contributed by atoms with Crippen LogP contribution in [0.2, 0.25) is 0 Å². The Morgan fingerprint density at radius 2 is 1.89 bits per heavy atom. The van der Waals surface area contributed by atoms with Crippen LogP contribution in [0.1, 0.15) is 11.8 Å². The Bertz CT molecular complexity index is 1920. The Balaban J connectivity index is 1.15. The number of carbonyl (C=O) groups is 2. The smallest absolute Gasteiger partial charge is 0.248 e. The molecule has 6 rings (SSSR count). The van der Waals surface area contributed by atoms with Gasteiger partial charge in [-0.25, -0.2) is 4.98 Å². The molecule has 44 heavy (non-hydrogen) atoms. The molecule has 11 heteroatoms. The number of imidazole rings is 1. The zero-order valence-electron chi connectivity index (χ0n) is 23.8. The van der Waals surface area contributed by atoms with Gasteiger partial charge in [-0.15, -0.1) is 11.3 Å². The monoisotopic (exact) mass is 715 g/mol. The highest BCUT2D eigenvalue weighted by molar-refractivity contribution is 14.2. The Hall–Kier alpha value is -4.75. The molecule has 5 aromatic rings. The minimum atomic E-state index is -0.329. The molecule has 0 saturated heterocycles. The summed E-state index contributed by atoms with van der Waals surface area (Å²) in [5.74, 6) is -0.726. The second-order valence-corrected chi connectivity index (χ2v) is 13.6. The molecule has 222 valence electrons. The number of carbonyl (C=O) groups excluding carboxylic acids is 2. The highest BCUT2D eigenvalue weighted by Gasteiger charge is 2.18. The van der Waals surface area contributed by atoms with Crippen molar-refractivity contribution in [2.45, 2.75) is 13.3 Å². The molecule has 2 amide bonds. The van der Waals surface area contributed by atoms with E-state index in [1.165, 1.54) is 6.08 Å². The molecule has 1 unspecified atom stereocenters. The molecule has 1 aliphatic rings. The van der Waals surface area contributed by atoms with Crippen LogP contribution in [0.4, 0.5) is 28.4 Å². The number of fused-ring (bicyclic) bond motifs is 1.